The van der Waals surface area contributed by atoms with E-state index in [2.05, 4.69) is 23.7 Å². The smallest absolute Gasteiger partial charge is 0.291 e. The third-order valence-corrected chi connectivity index (χ3v) is 5.37. The van der Waals surface area contributed by atoms with Gasteiger partial charge in [-0.2, -0.15) is 0 Å². The molecule has 128 valence electrons. The second-order valence-corrected chi connectivity index (χ2v) is 7.73. The molecule has 1 amide bonds. The van der Waals surface area contributed by atoms with Gasteiger partial charge in [-0.15, -0.1) is 0 Å². The highest BCUT2D eigenvalue weighted by Gasteiger charge is 2.36. The molecule has 4 nitrogen and oxygen atoms in total. The van der Waals surface area contributed by atoms with Crippen LogP contribution in [0.25, 0.3) is 0 Å². The van der Waals surface area contributed by atoms with E-state index < -0.39 is 0 Å². The van der Waals surface area contributed by atoms with Crippen LogP contribution in [0.1, 0.15) is 80.9 Å². The fraction of sp³-hybridized carbons (Fsp3) is 0.789. The van der Waals surface area contributed by atoms with Crippen molar-refractivity contribution >= 4 is 5.91 Å². The van der Waals surface area contributed by atoms with Crippen LogP contribution in [-0.4, -0.2) is 28.4 Å². The second kappa shape index (κ2) is 7.06. The highest BCUT2D eigenvalue weighted by molar-refractivity contribution is 5.92. The van der Waals surface area contributed by atoms with E-state index in [4.69, 9.17) is 4.42 Å². The Balaban J connectivity index is 1.81. The number of carbonyl (C=O) groups excluding carboxylic acids is 1. The Bertz CT molecular complexity index is 550. The van der Waals surface area contributed by atoms with Gasteiger partial charge in [-0.3, -0.25) is 4.79 Å². The van der Waals surface area contributed by atoms with Crippen molar-refractivity contribution in [3.05, 3.63) is 17.3 Å². The molecule has 23 heavy (non-hydrogen) atoms. The zero-order chi connectivity index (χ0) is 16.4. The van der Waals surface area contributed by atoms with Crippen molar-refractivity contribution in [3.63, 3.8) is 0 Å². The van der Waals surface area contributed by atoms with E-state index in [0.717, 1.165) is 31.5 Å². The summed E-state index contributed by atoms with van der Waals surface area (Å²) in [5.41, 5.74) is 0.752. The van der Waals surface area contributed by atoms with Gasteiger partial charge in [0.15, 0.2) is 5.89 Å². The maximum atomic E-state index is 13.1. The Hall–Kier alpha value is -1.32. The predicted octanol–water partition coefficient (Wildman–Crippen LogP) is 4.37. The average molecular weight is 318 g/mol. The molecule has 0 aromatic carbocycles. The van der Waals surface area contributed by atoms with Gasteiger partial charge in [-0.25, -0.2) is 4.98 Å². The molecule has 1 saturated heterocycles. The quantitative estimate of drug-likeness (QED) is 0.831. The molecule has 1 aromatic rings. The average Bonchev–Trinajstić information content (AvgIpc) is 2.75. The molecule has 4 heteroatoms. The third kappa shape index (κ3) is 3.61. The number of fused-ring (bicyclic) bond motifs is 1. The van der Waals surface area contributed by atoms with E-state index in [1.807, 2.05) is 6.92 Å². The number of aryl methyl sites for hydroxylation is 1. The lowest BCUT2D eigenvalue weighted by Crippen LogP contribution is -2.45. The molecule has 2 aliphatic rings. The van der Waals surface area contributed by atoms with Crippen LogP contribution in [0.4, 0.5) is 0 Å². The summed E-state index contributed by atoms with van der Waals surface area (Å²) in [6.07, 6.45) is 9.44. The Morgan fingerprint density at radius 3 is 2.65 bits per heavy atom. The summed E-state index contributed by atoms with van der Waals surface area (Å²) in [4.78, 5) is 19.7. The number of nitrogens with zero attached hydrogens (tertiary/aromatic N) is 2. The molecule has 2 heterocycles. The van der Waals surface area contributed by atoms with Gasteiger partial charge in [0.1, 0.15) is 0 Å². The molecule has 0 spiro atoms. The first kappa shape index (κ1) is 16.5. The highest BCUT2D eigenvalue weighted by atomic mass is 16.4. The van der Waals surface area contributed by atoms with E-state index in [9.17, 15) is 4.79 Å². The molecule has 2 atom stereocenters. The summed E-state index contributed by atoms with van der Waals surface area (Å²) in [6.45, 7) is 7.06. The summed E-state index contributed by atoms with van der Waals surface area (Å²) >= 11 is 0. The third-order valence-electron chi connectivity index (χ3n) is 5.37. The lowest BCUT2D eigenvalue weighted by atomic mass is 9.81. The van der Waals surface area contributed by atoms with Crippen molar-refractivity contribution in [1.29, 1.82) is 0 Å². The minimum absolute atomic E-state index is 0.0730. The van der Waals surface area contributed by atoms with E-state index in [0.29, 0.717) is 29.5 Å². The first-order valence-corrected chi connectivity index (χ1v) is 9.33. The standard InChI is InChI=1S/C19H30N2O2/c1-13(2)12-17-20-14(3)18(23-17)19(22)21-11-7-6-9-15-8-4-5-10-16(15)21/h13,15-16H,4-12H2,1-3H3/t15-,16+/m1/s1. The van der Waals surface area contributed by atoms with Crippen molar-refractivity contribution in [2.45, 2.75) is 78.2 Å². The van der Waals surface area contributed by atoms with Gasteiger partial charge >= 0.3 is 0 Å². The van der Waals surface area contributed by atoms with E-state index >= 15 is 0 Å². The minimum Gasteiger partial charge on any atom is -0.435 e. The SMILES string of the molecule is Cc1nc(CC(C)C)oc1C(=O)N1CCCC[C@H]2CCCC[C@@H]21. The van der Waals surface area contributed by atoms with Crippen molar-refractivity contribution < 1.29 is 9.21 Å². The van der Waals surface area contributed by atoms with E-state index in [1.165, 1.54) is 32.1 Å². The van der Waals surface area contributed by atoms with Crippen LogP contribution < -0.4 is 0 Å². The fourth-order valence-electron chi connectivity index (χ4n) is 4.26. The van der Waals surface area contributed by atoms with Crippen LogP contribution in [0, 0.1) is 18.8 Å². The van der Waals surface area contributed by atoms with Crippen molar-refractivity contribution in [3.8, 4) is 0 Å². The van der Waals surface area contributed by atoms with Gasteiger partial charge in [-0.1, -0.05) is 33.1 Å². The van der Waals surface area contributed by atoms with Crippen LogP contribution >= 0.6 is 0 Å². The lowest BCUT2D eigenvalue weighted by Gasteiger charge is -2.37. The number of amides is 1. The first-order valence-electron chi connectivity index (χ1n) is 9.33. The van der Waals surface area contributed by atoms with Crippen LogP contribution in [0.5, 0.6) is 0 Å². The van der Waals surface area contributed by atoms with Crippen LogP contribution in [-0.2, 0) is 6.42 Å². The molecule has 1 aliphatic heterocycles. The van der Waals surface area contributed by atoms with Crippen LogP contribution in [0.2, 0.25) is 0 Å². The second-order valence-electron chi connectivity index (χ2n) is 7.73. The Kier molecular flexibility index (Phi) is 5.08. The zero-order valence-corrected chi connectivity index (χ0v) is 14.8. The molecule has 0 N–H and O–H groups in total. The van der Waals surface area contributed by atoms with Gasteiger partial charge in [0, 0.05) is 19.0 Å². The molecule has 1 saturated carbocycles. The van der Waals surface area contributed by atoms with Gasteiger partial charge in [0.25, 0.3) is 5.91 Å². The van der Waals surface area contributed by atoms with Crippen molar-refractivity contribution in [1.82, 2.24) is 9.88 Å². The summed E-state index contributed by atoms with van der Waals surface area (Å²) in [7, 11) is 0. The molecular weight excluding hydrogens is 288 g/mol. The normalized spacial score (nSPS) is 25.3. The Labute approximate surface area is 139 Å². The summed E-state index contributed by atoms with van der Waals surface area (Å²) in [5.74, 6) is 2.43. The summed E-state index contributed by atoms with van der Waals surface area (Å²) in [5, 5.41) is 0. The largest absolute Gasteiger partial charge is 0.435 e. The number of rotatable bonds is 3. The highest BCUT2D eigenvalue weighted by Crippen LogP contribution is 2.35. The number of hydrogen-bond donors (Lipinski definition) is 0. The van der Waals surface area contributed by atoms with Crippen molar-refractivity contribution in [2.75, 3.05) is 6.54 Å². The molecule has 3 rings (SSSR count). The number of aromatic nitrogens is 1. The van der Waals surface area contributed by atoms with Crippen molar-refractivity contribution in [2.24, 2.45) is 11.8 Å². The number of likely N-dealkylation sites (tertiary alicyclic amines) is 1. The minimum atomic E-state index is 0.0730. The van der Waals surface area contributed by atoms with E-state index in [-0.39, 0.29) is 5.91 Å². The zero-order valence-electron chi connectivity index (χ0n) is 14.8. The topological polar surface area (TPSA) is 46.3 Å². The monoisotopic (exact) mass is 318 g/mol. The maximum Gasteiger partial charge on any atom is 0.291 e. The van der Waals surface area contributed by atoms with Gasteiger partial charge in [0.2, 0.25) is 5.76 Å². The van der Waals surface area contributed by atoms with Crippen LogP contribution in [0.15, 0.2) is 4.42 Å². The molecular formula is C19H30N2O2. The fourth-order valence-corrected chi connectivity index (χ4v) is 4.26. The molecule has 0 unspecified atom stereocenters. The summed E-state index contributed by atoms with van der Waals surface area (Å²) in [6, 6.07) is 0.414. The number of oxazole rings is 1. The Morgan fingerprint density at radius 2 is 1.91 bits per heavy atom. The molecule has 0 radical (unpaired) electrons. The first-order chi connectivity index (χ1) is 11.1. The Morgan fingerprint density at radius 1 is 1.22 bits per heavy atom. The maximum absolute atomic E-state index is 13.1. The van der Waals surface area contributed by atoms with Crippen LogP contribution in [0.3, 0.4) is 0 Å². The van der Waals surface area contributed by atoms with Gasteiger partial charge in [0.05, 0.1) is 5.69 Å². The molecule has 1 aromatic heterocycles. The number of hydrogen-bond acceptors (Lipinski definition) is 3. The summed E-state index contributed by atoms with van der Waals surface area (Å²) < 4.78 is 5.86. The van der Waals surface area contributed by atoms with Gasteiger partial charge in [-0.05, 0) is 44.4 Å². The lowest BCUT2D eigenvalue weighted by molar-refractivity contribution is 0.0534. The predicted molar refractivity (Wildman–Crippen MR) is 90.4 cm³/mol. The van der Waals surface area contributed by atoms with E-state index in [1.54, 1.807) is 0 Å². The molecule has 0 bridgehead atoms. The molecule has 1 aliphatic carbocycles. The molecule has 2 fully saturated rings. The number of carbonyl (C=O) groups is 1. The van der Waals surface area contributed by atoms with Gasteiger partial charge < -0.3 is 9.32 Å².